The Morgan fingerprint density at radius 1 is 1.38 bits per heavy atom. The van der Waals surface area contributed by atoms with Crippen LogP contribution < -0.4 is 10.6 Å². The topological polar surface area (TPSA) is 41.1 Å². The molecule has 6 heteroatoms. The summed E-state index contributed by atoms with van der Waals surface area (Å²) in [7, 11) is 0. The summed E-state index contributed by atoms with van der Waals surface area (Å²) in [6.45, 7) is 3.89. The molecule has 0 aromatic heterocycles. The third-order valence-corrected chi connectivity index (χ3v) is 3.66. The summed E-state index contributed by atoms with van der Waals surface area (Å²) < 4.78 is 39.1. The highest BCUT2D eigenvalue weighted by Crippen LogP contribution is 2.37. The highest BCUT2D eigenvalue weighted by atomic mass is 19.4. The van der Waals surface area contributed by atoms with E-state index in [2.05, 4.69) is 10.6 Å². The van der Waals surface area contributed by atoms with Crippen molar-refractivity contribution in [3.8, 4) is 0 Å². The van der Waals surface area contributed by atoms with E-state index in [0.717, 1.165) is 18.9 Å². The molecule has 21 heavy (non-hydrogen) atoms. The minimum atomic E-state index is -4.49. The lowest BCUT2D eigenvalue weighted by Gasteiger charge is -2.19. The van der Waals surface area contributed by atoms with Gasteiger partial charge in [-0.3, -0.25) is 4.79 Å². The van der Waals surface area contributed by atoms with E-state index in [4.69, 9.17) is 0 Å². The standard InChI is InChI=1S/C15H19F3N2O/c1-3-19-13-11(5-4-6-12(13)15(16,17)18)14(21)20-9(2)10-7-8-10/h4-6,9-10,19H,3,7-8H2,1-2H3,(H,20,21). The van der Waals surface area contributed by atoms with E-state index in [1.807, 2.05) is 6.92 Å². The van der Waals surface area contributed by atoms with Crippen LogP contribution in [0.5, 0.6) is 0 Å². The number of carbonyl (C=O) groups is 1. The van der Waals surface area contributed by atoms with Crippen molar-refractivity contribution in [2.45, 2.75) is 38.9 Å². The van der Waals surface area contributed by atoms with Crippen LogP contribution in [-0.2, 0) is 6.18 Å². The Balaban J connectivity index is 2.30. The maximum atomic E-state index is 13.0. The zero-order valence-corrected chi connectivity index (χ0v) is 12.1. The number of para-hydroxylation sites is 1. The number of hydrogen-bond acceptors (Lipinski definition) is 2. The quantitative estimate of drug-likeness (QED) is 0.871. The maximum Gasteiger partial charge on any atom is 0.418 e. The van der Waals surface area contributed by atoms with Crippen LogP contribution in [0.3, 0.4) is 0 Å². The van der Waals surface area contributed by atoms with E-state index in [0.29, 0.717) is 12.5 Å². The van der Waals surface area contributed by atoms with Crippen LogP contribution >= 0.6 is 0 Å². The lowest BCUT2D eigenvalue weighted by atomic mass is 10.0. The lowest BCUT2D eigenvalue weighted by molar-refractivity contribution is -0.137. The number of benzene rings is 1. The molecule has 1 amide bonds. The predicted octanol–water partition coefficient (Wildman–Crippen LogP) is 3.67. The third kappa shape index (κ3) is 3.68. The molecule has 1 unspecified atom stereocenters. The second-order valence-electron chi connectivity index (χ2n) is 5.36. The molecule has 116 valence electrons. The number of hydrogen-bond donors (Lipinski definition) is 2. The largest absolute Gasteiger partial charge is 0.418 e. The fourth-order valence-corrected chi connectivity index (χ4v) is 2.34. The number of halogens is 3. The van der Waals surface area contributed by atoms with Gasteiger partial charge in [0.1, 0.15) is 0 Å². The van der Waals surface area contributed by atoms with Gasteiger partial charge in [-0.15, -0.1) is 0 Å². The van der Waals surface area contributed by atoms with E-state index in [-0.39, 0.29) is 17.3 Å². The van der Waals surface area contributed by atoms with E-state index in [9.17, 15) is 18.0 Å². The molecule has 2 N–H and O–H groups in total. The SMILES string of the molecule is CCNc1c(C(=O)NC(C)C2CC2)cccc1C(F)(F)F. The first-order valence-electron chi connectivity index (χ1n) is 7.09. The Morgan fingerprint density at radius 3 is 2.57 bits per heavy atom. The van der Waals surface area contributed by atoms with Crippen LogP contribution in [0.15, 0.2) is 18.2 Å². The smallest absolute Gasteiger partial charge is 0.384 e. The lowest BCUT2D eigenvalue weighted by Crippen LogP contribution is -2.34. The van der Waals surface area contributed by atoms with Gasteiger partial charge in [-0.25, -0.2) is 0 Å². The molecular weight excluding hydrogens is 281 g/mol. The van der Waals surface area contributed by atoms with Gasteiger partial charge >= 0.3 is 6.18 Å². The molecule has 0 radical (unpaired) electrons. The zero-order valence-electron chi connectivity index (χ0n) is 12.1. The van der Waals surface area contributed by atoms with Crippen LogP contribution in [0.25, 0.3) is 0 Å². The number of nitrogens with one attached hydrogen (secondary N) is 2. The Labute approximate surface area is 121 Å². The molecular formula is C15H19F3N2O. The van der Waals surface area contributed by atoms with Gasteiger partial charge in [0.05, 0.1) is 16.8 Å². The molecule has 1 aliphatic rings. The van der Waals surface area contributed by atoms with E-state index >= 15 is 0 Å². The molecule has 0 spiro atoms. The van der Waals surface area contributed by atoms with Gasteiger partial charge in [0.25, 0.3) is 5.91 Å². The fourth-order valence-electron chi connectivity index (χ4n) is 2.34. The predicted molar refractivity (Wildman–Crippen MR) is 75.3 cm³/mol. The van der Waals surface area contributed by atoms with Crippen molar-refractivity contribution < 1.29 is 18.0 Å². The molecule has 1 aromatic rings. The van der Waals surface area contributed by atoms with Gasteiger partial charge in [0.2, 0.25) is 0 Å². The van der Waals surface area contributed by atoms with Crippen LogP contribution in [0, 0.1) is 5.92 Å². The van der Waals surface area contributed by atoms with Crippen molar-refractivity contribution in [3.05, 3.63) is 29.3 Å². The summed E-state index contributed by atoms with van der Waals surface area (Å²) in [5, 5.41) is 5.46. The molecule has 2 rings (SSSR count). The number of anilines is 1. The summed E-state index contributed by atoms with van der Waals surface area (Å²) in [6, 6.07) is 3.66. The number of amides is 1. The average molecular weight is 300 g/mol. The molecule has 0 saturated heterocycles. The molecule has 1 atom stereocenters. The summed E-state index contributed by atoms with van der Waals surface area (Å²) >= 11 is 0. The number of carbonyl (C=O) groups excluding carboxylic acids is 1. The van der Waals surface area contributed by atoms with Gasteiger partial charge in [-0.2, -0.15) is 13.2 Å². The average Bonchev–Trinajstić information content (AvgIpc) is 3.22. The summed E-state index contributed by atoms with van der Waals surface area (Å²) in [5.41, 5.74) is -0.914. The van der Waals surface area contributed by atoms with Crippen molar-refractivity contribution >= 4 is 11.6 Å². The second kappa shape index (κ2) is 5.95. The van der Waals surface area contributed by atoms with E-state index in [1.165, 1.54) is 12.1 Å². The first kappa shape index (κ1) is 15.7. The van der Waals surface area contributed by atoms with Gasteiger partial charge in [-0.05, 0) is 44.7 Å². The Hall–Kier alpha value is -1.72. The molecule has 0 aliphatic heterocycles. The van der Waals surface area contributed by atoms with Gasteiger partial charge in [0, 0.05) is 12.6 Å². The fraction of sp³-hybridized carbons (Fsp3) is 0.533. The summed E-state index contributed by atoms with van der Waals surface area (Å²) in [5.74, 6) is -0.0150. The highest BCUT2D eigenvalue weighted by Gasteiger charge is 2.36. The molecule has 1 fully saturated rings. The van der Waals surface area contributed by atoms with Gasteiger partial charge in [-0.1, -0.05) is 6.07 Å². The normalized spacial score (nSPS) is 16.4. The van der Waals surface area contributed by atoms with Crippen LogP contribution in [-0.4, -0.2) is 18.5 Å². The number of alkyl halides is 3. The maximum absolute atomic E-state index is 13.0. The Bertz CT molecular complexity index is 524. The van der Waals surface area contributed by atoms with Crippen molar-refractivity contribution in [2.24, 2.45) is 5.92 Å². The minimum Gasteiger partial charge on any atom is -0.384 e. The number of rotatable bonds is 5. The highest BCUT2D eigenvalue weighted by molar-refractivity contribution is 6.00. The monoisotopic (exact) mass is 300 g/mol. The first-order valence-corrected chi connectivity index (χ1v) is 7.09. The van der Waals surface area contributed by atoms with Crippen LogP contribution in [0.4, 0.5) is 18.9 Å². The molecule has 3 nitrogen and oxygen atoms in total. The van der Waals surface area contributed by atoms with E-state index < -0.39 is 17.6 Å². The minimum absolute atomic E-state index is 0.0125. The van der Waals surface area contributed by atoms with Crippen molar-refractivity contribution in [2.75, 3.05) is 11.9 Å². The summed E-state index contributed by atoms with van der Waals surface area (Å²) in [4.78, 5) is 12.2. The van der Waals surface area contributed by atoms with E-state index in [1.54, 1.807) is 6.92 Å². The molecule has 1 aliphatic carbocycles. The van der Waals surface area contributed by atoms with Crippen molar-refractivity contribution in [3.63, 3.8) is 0 Å². The molecule has 0 heterocycles. The van der Waals surface area contributed by atoms with Gasteiger partial charge < -0.3 is 10.6 Å². The van der Waals surface area contributed by atoms with Crippen molar-refractivity contribution in [1.29, 1.82) is 0 Å². The second-order valence-corrected chi connectivity index (χ2v) is 5.36. The molecule has 1 saturated carbocycles. The van der Waals surface area contributed by atoms with Gasteiger partial charge in [0.15, 0.2) is 0 Å². The molecule has 1 aromatic carbocycles. The third-order valence-electron chi connectivity index (χ3n) is 3.66. The first-order chi connectivity index (χ1) is 9.84. The Kier molecular flexibility index (Phi) is 4.44. The summed E-state index contributed by atoms with van der Waals surface area (Å²) in [6.07, 6.45) is -2.37. The van der Waals surface area contributed by atoms with Crippen LogP contribution in [0.2, 0.25) is 0 Å². The zero-order chi connectivity index (χ0) is 15.6. The molecule has 0 bridgehead atoms. The van der Waals surface area contributed by atoms with Crippen molar-refractivity contribution in [1.82, 2.24) is 5.32 Å². The Morgan fingerprint density at radius 2 is 2.05 bits per heavy atom. The van der Waals surface area contributed by atoms with Crippen LogP contribution in [0.1, 0.15) is 42.6 Å².